The van der Waals surface area contributed by atoms with Crippen LogP contribution in [0.5, 0.6) is 0 Å². The molecule has 0 saturated heterocycles. The Labute approximate surface area is 97.8 Å². The van der Waals surface area contributed by atoms with Crippen LogP contribution in [-0.4, -0.2) is 71.2 Å². The molecule has 0 amide bonds. The molecule has 0 spiro atoms. The van der Waals surface area contributed by atoms with Crippen LogP contribution in [-0.2, 0) is 26.0 Å². The number of carbonyl (C=O) groups excluding carboxylic acids is 1. The van der Waals surface area contributed by atoms with E-state index in [1.165, 1.54) is 0 Å². The monoisotopic (exact) mass is 298 g/mol. The molecule has 10 nitrogen and oxygen atoms in total. The van der Waals surface area contributed by atoms with Crippen LogP contribution in [0.2, 0.25) is 0 Å². The van der Waals surface area contributed by atoms with E-state index in [2.05, 4.69) is 0 Å². The Morgan fingerprint density at radius 3 is 1.59 bits per heavy atom. The first kappa shape index (κ1) is 18.9. The molecule has 7 N–H and O–H groups in total. The van der Waals surface area contributed by atoms with Crippen molar-refractivity contribution in [1.82, 2.24) is 0 Å². The average molecular weight is 298 g/mol. The van der Waals surface area contributed by atoms with Crippen molar-refractivity contribution in [1.29, 1.82) is 0 Å². The van der Waals surface area contributed by atoms with E-state index < -0.39 is 44.6 Å². The molecule has 0 fully saturated rings. The number of hydrogen-bond donors (Lipinski definition) is 7. The van der Waals surface area contributed by atoms with Crippen LogP contribution in [0.25, 0.3) is 0 Å². The fraction of sp³-hybridized carbons (Fsp3) is 0.833. The van der Waals surface area contributed by atoms with Crippen molar-refractivity contribution in [2.45, 2.75) is 24.4 Å². The molecule has 0 heterocycles. The first-order chi connectivity index (χ1) is 7.54. The molecule has 0 aliphatic heterocycles. The third-order valence-corrected chi connectivity index (χ3v) is 1.42. The zero-order valence-corrected chi connectivity index (χ0v) is 9.63. The van der Waals surface area contributed by atoms with Crippen molar-refractivity contribution in [2.75, 3.05) is 6.61 Å². The Hall–Kier alpha value is -0.478. The third kappa shape index (κ3) is 11.8. The normalized spacial score (nSPS) is 18.3. The van der Waals surface area contributed by atoms with Crippen LogP contribution in [0.4, 0.5) is 0 Å². The van der Waals surface area contributed by atoms with Gasteiger partial charge in [0.1, 0.15) is 24.4 Å². The molecule has 104 valence electrons. The summed E-state index contributed by atoms with van der Waals surface area (Å²) in [7, 11) is 0. The van der Waals surface area contributed by atoms with E-state index in [0.29, 0.717) is 0 Å². The van der Waals surface area contributed by atoms with Gasteiger partial charge in [0, 0.05) is 0 Å². The second-order valence-corrected chi connectivity index (χ2v) is 4.20. The number of hydrogen-bond acceptors (Lipinski definition) is 8. The summed E-state index contributed by atoms with van der Waals surface area (Å²) in [4.78, 5) is 9.90. The van der Waals surface area contributed by atoms with E-state index in [-0.39, 0.29) is 6.29 Å². The van der Waals surface area contributed by atoms with Gasteiger partial charge in [-0.25, -0.2) is 0 Å². The van der Waals surface area contributed by atoms with Gasteiger partial charge in [0.05, 0.1) is 6.61 Å². The SMILES string of the molecule is O=C[C@H](O)[C@@H](O)[C@H](O)[C@H](O)CO.[O]=[Cr](=[O])([OH])[OH]. The molecule has 0 aromatic carbocycles. The molecule has 0 saturated carbocycles. The van der Waals surface area contributed by atoms with Gasteiger partial charge in [0.25, 0.3) is 0 Å². The Kier molecular flexibility index (Phi) is 9.54. The zero-order valence-electron chi connectivity index (χ0n) is 8.36. The summed E-state index contributed by atoms with van der Waals surface area (Å²) in [5.74, 6) is 0. The van der Waals surface area contributed by atoms with Crippen molar-refractivity contribution in [3.05, 3.63) is 0 Å². The van der Waals surface area contributed by atoms with Gasteiger partial charge in [-0.3, -0.25) is 0 Å². The van der Waals surface area contributed by atoms with E-state index >= 15 is 0 Å². The standard InChI is InChI=1S/C6H12O6.Cr.2H2O.2O/c7-1-3(9)5(11)6(12)4(10)2-8;;;;;/h1,3-6,8-12H,2H2;;2*1H2;;/q;+2;;;;/p-2/t3-,4+,5+,6+;;;;;/m0...../s1. The topological polar surface area (TPSA) is 193 Å². The van der Waals surface area contributed by atoms with Gasteiger partial charge < -0.3 is 30.3 Å². The quantitative estimate of drug-likeness (QED) is 0.242. The molecule has 0 rings (SSSR count). The summed E-state index contributed by atoms with van der Waals surface area (Å²) in [6, 6.07) is 0. The molecule has 0 aliphatic carbocycles. The molecule has 0 bridgehead atoms. The molecule has 11 heteroatoms. The second-order valence-electron chi connectivity index (χ2n) is 2.81. The summed E-state index contributed by atoms with van der Waals surface area (Å²) in [6.07, 6.45) is -6.84. The Bertz CT molecular complexity index is 292. The number of aliphatic hydroxyl groups is 5. The molecule has 0 aromatic rings. The van der Waals surface area contributed by atoms with Crippen molar-refractivity contribution in [3.63, 3.8) is 0 Å². The van der Waals surface area contributed by atoms with Crippen LogP contribution in [0, 0.1) is 0 Å². The molecule has 0 unspecified atom stereocenters. The van der Waals surface area contributed by atoms with Crippen molar-refractivity contribution >= 4 is 6.29 Å². The van der Waals surface area contributed by atoms with Gasteiger partial charge in [0.2, 0.25) is 0 Å². The molecular formula is C6H14CrO10. The van der Waals surface area contributed by atoms with Gasteiger partial charge in [-0.1, -0.05) is 0 Å². The van der Waals surface area contributed by atoms with Gasteiger partial charge in [-0.15, -0.1) is 0 Å². The van der Waals surface area contributed by atoms with Gasteiger partial charge in [-0.2, -0.15) is 0 Å². The second kappa shape index (κ2) is 8.59. The van der Waals surface area contributed by atoms with E-state index in [1.807, 2.05) is 0 Å². The maximum absolute atomic E-state index is 9.90. The van der Waals surface area contributed by atoms with E-state index in [1.54, 1.807) is 0 Å². The fourth-order valence-electron chi connectivity index (χ4n) is 0.618. The van der Waals surface area contributed by atoms with Crippen molar-refractivity contribution < 1.29 is 59.9 Å². The fourth-order valence-corrected chi connectivity index (χ4v) is 0.618. The van der Waals surface area contributed by atoms with Crippen LogP contribution in [0.3, 0.4) is 0 Å². The van der Waals surface area contributed by atoms with Gasteiger partial charge in [-0.05, 0) is 0 Å². The molecule has 0 aromatic heterocycles. The Morgan fingerprint density at radius 1 is 1.00 bits per heavy atom. The zero-order chi connectivity index (χ0) is 14.2. The third-order valence-electron chi connectivity index (χ3n) is 1.42. The molecule has 0 radical (unpaired) electrons. The van der Waals surface area contributed by atoms with Crippen LogP contribution >= 0.6 is 0 Å². The number of carbonyl (C=O) groups is 1. The molecule has 0 aliphatic rings. The Balaban J connectivity index is 0. The number of aliphatic hydroxyl groups excluding tert-OH is 5. The molecular weight excluding hydrogens is 284 g/mol. The summed E-state index contributed by atoms with van der Waals surface area (Å²) < 4.78 is 31.9. The van der Waals surface area contributed by atoms with Crippen LogP contribution < -0.4 is 0 Å². The minimum absolute atomic E-state index is 0.0258. The van der Waals surface area contributed by atoms with Gasteiger partial charge >= 0.3 is 29.5 Å². The summed E-state index contributed by atoms with van der Waals surface area (Å²) in [5.41, 5.74) is 0. The van der Waals surface area contributed by atoms with Gasteiger partial charge in [0.15, 0.2) is 6.29 Å². The Morgan fingerprint density at radius 2 is 1.35 bits per heavy atom. The summed E-state index contributed by atoms with van der Waals surface area (Å²) in [5, 5.41) is 43.5. The van der Waals surface area contributed by atoms with E-state index in [4.69, 9.17) is 41.5 Å². The summed E-state index contributed by atoms with van der Waals surface area (Å²) in [6.45, 7) is -0.760. The van der Waals surface area contributed by atoms with Crippen LogP contribution in [0.1, 0.15) is 0 Å². The molecule has 4 atom stereocenters. The predicted octanol–water partition coefficient (Wildman–Crippen LogP) is -4.73. The first-order valence-electron chi connectivity index (χ1n) is 4.02. The first-order valence-corrected chi connectivity index (χ1v) is 6.21. The minimum atomic E-state index is -5.25. The number of rotatable bonds is 5. The predicted molar refractivity (Wildman–Crippen MR) is 43.0 cm³/mol. The van der Waals surface area contributed by atoms with E-state index in [9.17, 15) is 4.79 Å². The average Bonchev–Trinajstić information content (AvgIpc) is 2.22. The van der Waals surface area contributed by atoms with Crippen LogP contribution in [0.15, 0.2) is 0 Å². The maximum atomic E-state index is 9.90. The van der Waals surface area contributed by atoms with E-state index in [0.717, 1.165) is 0 Å². The molecule has 17 heavy (non-hydrogen) atoms. The van der Waals surface area contributed by atoms with Crippen molar-refractivity contribution in [3.8, 4) is 0 Å². The number of aldehydes is 1. The van der Waals surface area contributed by atoms with Crippen molar-refractivity contribution in [2.24, 2.45) is 0 Å². The summed E-state index contributed by atoms with van der Waals surface area (Å²) >= 11 is -5.25.